The Morgan fingerprint density at radius 2 is 1.62 bits per heavy atom. The number of hydrogen-bond acceptors (Lipinski definition) is 0. The molecule has 0 atom stereocenters. The van der Waals surface area contributed by atoms with Gasteiger partial charge in [0, 0.05) is 10.2 Å². The van der Waals surface area contributed by atoms with Crippen LogP contribution >= 0.6 is 0 Å². The van der Waals surface area contributed by atoms with Gasteiger partial charge in [-0.15, -0.1) is 0 Å². The van der Waals surface area contributed by atoms with E-state index in [-0.39, 0.29) is 0 Å². The first-order chi connectivity index (χ1) is 3.55. The first kappa shape index (κ1) is 7.96. The highest BCUT2D eigenvalue weighted by atomic mass is 28.1. The molecule has 0 aromatic heterocycles. The largest absolute Gasteiger partial charge is 0.0906 e. The molecule has 0 radical (unpaired) electrons. The van der Waals surface area contributed by atoms with Gasteiger partial charge in [-0.05, 0) is 19.8 Å². The van der Waals surface area contributed by atoms with Crippen molar-refractivity contribution in [3.8, 4) is 0 Å². The van der Waals surface area contributed by atoms with Crippen LogP contribution in [0.1, 0.15) is 27.7 Å². The molecule has 0 nitrogen and oxygen atoms in total. The van der Waals surface area contributed by atoms with Crippen LogP contribution in [0, 0.1) is 5.92 Å². The molecular weight excluding hydrogens is 112 g/mol. The van der Waals surface area contributed by atoms with Crippen molar-refractivity contribution in [2.75, 3.05) is 0 Å². The van der Waals surface area contributed by atoms with Gasteiger partial charge in [0.15, 0.2) is 0 Å². The Bertz CT molecular complexity index is 97.0. The van der Waals surface area contributed by atoms with E-state index in [4.69, 9.17) is 0 Å². The standard InChI is InChI=1S/C7H16Si/c1-5(2)7(8)6(3)4/h5H,1-4,8H3. The minimum atomic E-state index is 0.784. The van der Waals surface area contributed by atoms with Crippen LogP contribution in [0.5, 0.6) is 0 Å². The Hall–Kier alpha value is -0.0431. The second-order valence-electron chi connectivity index (χ2n) is 2.84. The summed E-state index contributed by atoms with van der Waals surface area (Å²) in [5, 5.41) is 1.66. The second kappa shape index (κ2) is 3.08. The fourth-order valence-electron chi connectivity index (χ4n) is 0.577. The van der Waals surface area contributed by atoms with E-state index in [1.54, 1.807) is 5.20 Å². The first-order valence-electron chi connectivity index (χ1n) is 3.19. The molecule has 0 unspecified atom stereocenters. The van der Waals surface area contributed by atoms with Crippen LogP contribution in [-0.4, -0.2) is 10.2 Å². The zero-order valence-electron chi connectivity index (χ0n) is 6.58. The number of rotatable bonds is 1. The smallest absolute Gasteiger partial charge is 0.0335 e. The van der Waals surface area contributed by atoms with Gasteiger partial charge < -0.3 is 0 Å². The Kier molecular flexibility index (Phi) is 3.06. The highest BCUT2D eigenvalue weighted by Gasteiger charge is 1.95. The lowest BCUT2D eigenvalue weighted by molar-refractivity contribution is 0.802. The summed E-state index contributed by atoms with van der Waals surface area (Å²) >= 11 is 0. The molecule has 0 aliphatic heterocycles. The second-order valence-corrected chi connectivity index (χ2v) is 3.92. The molecule has 0 saturated heterocycles. The molecule has 48 valence electrons. The zero-order valence-corrected chi connectivity index (χ0v) is 8.58. The quantitative estimate of drug-likeness (QED) is 0.467. The summed E-state index contributed by atoms with van der Waals surface area (Å²) in [6.07, 6.45) is 0. The summed E-state index contributed by atoms with van der Waals surface area (Å²) in [6, 6.07) is 0. The van der Waals surface area contributed by atoms with Gasteiger partial charge in [-0.1, -0.05) is 24.6 Å². The maximum absolute atomic E-state index is 2.26. The van der Waals surface area contributed by atoms with E-state index in [0.29, 0.717) is 0 Å². The monoisotopic (exact) mass is 128 g/mol. The molecular formula is C7H16Si. The van der Waals surface area contributed by atoms with Gasteiger partial charge in [-0.25, -0.2) is 0 Å². The molecule has 1 heteroatoms. The summed E-state index contributed by atoms with van der Waals surface area (Å²) in [5.41, 5.74) is 1.52. The van der Waals surface area contributed by atoms with Crippen LogP contribution in [0.25, 0.3) is 0 Å². The van der Waals surface area contributed by atoms with Crippen molar-refractivity contribution in [1.82, 2.24) is 0 Å². The van der Waals surface area contributed by atoms with Gasteiger partial charge in [0.2, 0.25) is 0 Å². The van der Waals surface area contributed by atoms with Crippen LogP contribution in [0.3, 0.4) is 0 Å². The minimum Gasteiger partial charge on any atom is -0.0906 e. The minimum absolute atomic E-state index is 0.784. The zero-order chi connectivity index (χ0) is 6.73. The van der Waals surface area contributed by atoms with E-state index in [1.165, 1.54) is 15.8 Å². The Labute approximate surface area is 55.4 Å². The van der Waals surface area contributed by atoms with Gasteiger partial charge >= 0.3 is 0 Å². The van der Waals surface area contributed by atoms with Crippen molar-refractivity contribution < 1.29 is 0 Å². The summed E-state index contributed by atoms with van der Waals surface area (Å²) in [5.74, 6) is 0.784. The number of allylic oxidation sites excluding steroid dienone is 2. The van der Waals surface area contributed by atoms with Crippen molar-refractivity contribution >= 4 is 10.2 Å². The van der Waals surface area contributed by atoms with E-state index in [2.05, 4.69) is 27.7 Å². The third-order valence-electron chi connectivity index (χ3n) is 1.65. The summed E-state index contributed by atoms with van der Waals surface area (Å²) in [7, 11) is 1.24. The highest BCUT2D eigenvalue weighted by molar-refractivity contribution is 6.22. The van der Waals surface area contributed by atoms with Gasteiger partial charge in [0.25, 0.3) is 0 Å². The van der Waals surface area contributed by atoms with Crippen LogP contribution < -0.4 is 0 Å². The van der Waals surface area contributed by atoms with E-state index in [0.717, 1.165) is 5.92 Å². The third kappa shape index (κ3) is 2.31. The van der Waals surface area contributed by atoms with Crippen molar-refractivity contribution in [2.24, 2.45) is 5.92 Å². The lowest BCUT2D eigenvalue weighted by Gasteiger charge is -2.05. The molecule has 8 heavy (non-hydrogen) atoms. The molecule has 0 saturated carbocycles. The molecule has 0 N–H and O–H groups in total. The molecule has 0 bridgehead atoms. The average molecular weight is 128 g/mol. The molecule has 0 spiro atoms. The van der Waals surface area contributed by atoms with Gasteiger partial charge in [0.05, 0.1) is 0 Å². The molecule has 0 aromatic rings. The summed E-state index contributed by atoms with van der Waals surface area (Å²) < 4.78 is 0. The molecule has 0 aromatic carbocycles. The third-order valence-corrected chi connectivity index (χ3v) is 3.81. The summed E-state index contributed by atoms with van der Waals surface area (Å²) in [4.78, 5) is 0. The SMILES string of the molecule is CC(C)=C([SiH3])C(C)C. The van der Waals surface area contributed by atoms with Crippen LogP contribution in [0.2, 0.25) is 0 Å². The Morgan fingerprint density at radius 3 is 1.62 bits per heavy atom. The van der Waals surface area contributed by atoms with Crippen LogP contribution in [0.15, 0.2) is 10.8 Å². The van der Waals surface area contributed by atoms with E-state index < -0.39 is 0 Å². The van der Waals surface area contributed by atoms with Crippen LogP contribution in [0.4, 0.5) is 0 Å². The normalized spacial score (nSPS) is 10.1. The molecule has 0 aliphatic carbocycles. The lowest BCUT2D eigenvalue weighted by atomic mass is 10.1. The maximum Gasteiger partial charge on any atom is 0.0335 e. The highest BCUT2D eigenvalue weighted by Crippen LogP contribution is 2.08. The van der Waals surface area contributed by atoms with E-state index >= 15 is 0 Å². The Morgan fingerprint density at radius 1 is 1.25 bits per heavy atom. The molecule has 0 heterocycles. The molecule has 0 amide bonds. The van der Waals surface area contributed by atoms with Crippen molar-refractivity contribution in [3.05, 3.63) is 10.8 Å². The summed E-state index contributed by atoms with van der Waals surface area (Å²) in [6.45, 7) is 8.91. The van der Waals surface area contributed by atoms with Crippen molar-refractivity contribution in [3.63, 3.8) is 0 Å². The molecule has 0 fully saturated rings. The Balaban J connectivity index is 4.00. The fraction of sp³-hybridized carbons (Fsp3) is 0.714. The van der Waals surface area contributed by atoms with E-state index in [9.17, 15) is 0 Å². The van der Waals surface area contributed by atoms with E-state index in [1.807, 2.05) is 0 Å². The van der Waals surface area contributed by atoms with Crippen LogP contribution in [-0.2, 0) is 0 Å². The van der Waals surface area contributed by atoms with Gasteiger partial charge in [-0.2, -0.15) is 0 Å². The average Bonchev–Trinajstić information content (AvgIpc) is 1.64. The topological polar surface area (TPSA) is 0 Å². The van der Waals surface area contributed by atoms with Crippen molar-refractivity contribution in [2.45, 2.75) is 27.7 Å². The molecule has 0 aliphatic rings. The van der Waals surface area contributed by atoms with Gasteiger partial charge in [0.1, 0.15) is 0 Å². The fourth-order valence-corrected chi connectivity index (χ4v) is 0.577. The van der Waals surface area contributed by atoms with Crippen molar-refractivity contribution in [1.29, 1.82) is 0 Å². The maximum atomic E-state index is 2.26. The predicted octanol–water partition coefficient (Wildman–Crippen LogP) is 1.30. The number of hydrogen-bond donors (Lipinski definition) is 0. The van der Waals surface area contributed by atoms with Gasteiger partial charge in [-0.3, -0.25) is 0 Å². The first-order valence-corrected chi connectivity index (χ1v) is 4.19. The lowest BCUT2D eigenvalue weighted by Crippen LogP contribution is -1.94. The predicted molar refractivity (Wildman–Crippen MR) is 43.2 cm³/mol. The molecule has 0 rings (SSSR count).